The molecular weight excluding hydrogens is 298 g/mol. The molecule has 0 saturated heterocycles. The number of thioether (sulfide) groups is 1. The maximum atomic E-state index is 14.0. The molecule has 1 aliphatic rings. The molecule has 0 radical (unpaired) electrons. The molecule has 1 fully saturated rings. The zero-order valence-electron chi connectivity index (χ0n) is 11.3. The number of halogens is 2. The monoisotopic (exact) mass is 316 g/mol. The predicted octanol–water partition coefficient (Wildman–Crippen LogP) is 3.69. The summed E-state index contributed by atoms with van der Waals surface area (Å²) >= 11 is 6.47. The van der Waals surface area contributed by atoms with Crippen molar-refractivity contribution in [1.82, 2.24) is 0 Å². The number of nitrogens with one attached hydrogen (secondary N) is 1. The number of rotatable bonds is 4. The largest absolute Gasteiger partial charge is 0.389 e. The van der Waals surface area contributed by atoms with Gasteiger partial charge in [-0.2, -0.15) is 11.8 Å². The van der Waals surface area contributed by atoms with Crippen LogP contribution in [0.1, 0.15) is 31.2 Å². The molecule has 1 saturated carbocycles. The third kappa shape index (κ3) is 3.23. The van der Waals surface area contributed by atoms with E-state index in [9.17, 15) is 8.78 Å². The number of hydrogen-bond donors (Lipinski definition) is 2. The van der Waals surface area contributed by atoms with Gasteiger partial charge in [0, 0.05) is 16.9 Å². The Kier molecular flexibility index (Phi) is 5.21. The Labute approximate surface area is 127 Å². The summed E-state index contributed by atoms with van der Waals surface area (Å²) in [7, 11) is 0. The molecule has 0 bridgehead atoms. The lowest BCUT2D eigenvalue weighted by atomic mass is 9.94. The highest BCUT2D eigenvalue weighted by molar-refractivity contribution is 7.99. The summed E-state index contributed by atoms with van der Waals surface area (Å²) in [6.45, 7) is 0. The van der Waals surface area contributed by atoms with E-state index in [4.69, 9.17) is 18.0 Å². The Morgan fingerprint density at radius 3 is 2.65 bits per heavy atom. The first kappa shape index (κ1) is 15.5. The maximum absolute atomic E-state index is 14.0. The minimum atomic E-state index is -0.973. The van der Waals surface area contributed by atoms with Gasteiger partial charge in [0.2, 0.25) is 0 Å². The zero-order chi connectivity index (χ0) is 14.7. The second kappa shape index (κ2) is 6.72. The van der Waals surface area contributed by atoms with Gasteiger partial charge in [0.05, 0.1) is 5.69 Å². The van der Waals surface area contributed by atoms with Gasteiger partial charge in [-0.3, -0.25) is 0 Å². The first-order valence-corrected chi connectivity index (χ1v) is 8.31. The summed E-state index contributed by atoms with van der Waals surface area (Å²) in [5.74, 6) is -1.88. The Morgan fingerprint density at radius 1 is 1.30 bits per heavy atom. The van der Waals surface area contributed by atoms with Crippen molar-refractivity contribution in [3.8, 4) is 0 Å². The number of anilines is 1. The van der Waals surface area contributed by atoms with Gasteiger partial charge >= 0.3 is 0 Å². The van der Waals surface area contributed by atoms with Gasteiger partial charge in [0.15, 0.2) is 11.6 Å². The van der Waals surface area contributed by atoms with Gasteiger partial charge in [-0.05, 0) is 31.2 Å². The maximum Gasteiger partial charge on any atom is 0.182 e. The van der Waals surface area contributed by atoms with Gasteiger partial charge < -0.3 is 11.1 Å². The summed E-state index contributed by atoms with van der Waals surface area (Å²) in [4.78, 5) is -0.132. The number of thiocarbonyl (C=S) groups is 1. The van der Waals surface area contributed by atoms with E-state index in [2.05, 4.69) is 11.6 Å². The van der Waals surface area contributed by atoms with Gasteiger partial charge in [-0.15, -0.1) is 0 Å². The fourth-order valence-corrected chi connectivity index (χ4v) is 3.69. The second-order valence-electron chi connectivity index (χ2n) is 4.96. The van der Waals surface area contributed by atoms with Crippen LogP contribution < -0.4 is 11.1 Å². The molecule has 1 aromatic carbocycles. The highest BCUT2D eigenvalue weighted by atomic mass is 32.2. The first-order valence-electron chi connectivity index (χ1n) is 6.61. The molecule has 20 heavy (non-hydrogen) atoms. The predicted molar refractivity (Wildman–Crippen MR) is 85.4 cm³/mol. The second-order valence-corrected chi connectivity index (χ2v) is 6.48. The van der Waals surface area contributed by atoms with Gasteiger partial charge in [-0.1, -0.05) is 25.1 Å². The van der Waals surface area contributed by atoms with E-state index >= 15 is 0 Å². The molecule has 3 N–H and O–H groups in total. The smallest absolute Gasteiger partial charge is 0.182 e. The molecule has 6 heteroatoms. The third-order valence-electron chi connectivity index (χ3n) is 3.69. The molecule has 0 heterocycles. The topological polar surface area (TPSA) is 38.0 Å². The van der Waals surface area contributed by atoms with Crippen LogP contribution in [0.4, 0.5) is 14.5 Å². The Bertz CT molecular complexity index is 508. The standard InChI is InChI=1S/C14H18F2N2S2/c1-20-11-5-3-2-4-9(11)18-10-7-6-8(14(17)19)12(15)13(10)16/h6-7,9,11,18H,2-5H2,1H3,(H2,17,19). The lowest BCUT2D eigenvalue weighted by Crippen LogP contribution is -2.34. The van der Waals surface area contributed by atoms with Crippen LogP contribution >= 0.6 is 24.0 Å². The van der Waals surface area contributed by atoms with Crippen molar-refractivity contribution >= 4 is 34.7 Å². The van der Waals surface area contributed by atoms with Crippen molar-refractivity contribution < 1.29 is 8.78 Å². The van der Waals surface area contributed by atoms with Crippen molar-refractivity contribution in [3.63, 3.8) is 0 Å². The third-order valence-corrected chi connectivity index (χ3v) is 5.08. The van der Waals surface area contributed by atoms with Crippen LogP contribution in [0, 0.1) is 11.6 Å². The fraction of sp³-hybridized carbons (Fsp3) is 0.500. The molecule has 110 valence electrons. The molecule has 2 atom stereocenters. The van der Waals surface area contributed by atoms with Gasteiger partial charge in [0.25, 0.3) is 0 Å². The molecule has 2 nitrogen and oxygen atoms in total. The summed E-state index contributed by atoms with van der Waals surface area (Å²) in [6.07, 6.45) is 6.44. The fourth-order valence-electron chi connectivity index (χ4n) is 2.60. The van der Waals surface area contributed by atoms with Crippen LogP contribution in [0.2, 0.25) is 0 Å². The van der Waals surface area contributed by atoms with E-state index < -0.39 is 11.6 Å². The van der Waals surface area contributed by atoms with E-state index in [1.807, 2.05) is 0 Å². The quantitative estimate of drug-likeness (QED) is 0.831. The SMILES string of the molecule is CSC1CCCCC1Nc1ccc(C(N)=S)c(F)c1F. The van der Waals surface area contributed by atoms with Crippen LogP contribution in [0.3, 0.4) is 0 Å². The molecule has 0 aromatic heterocycles. The van der Waals surface area contributed by atoms with E-state index in [1.54, 1.807) is 11.8 Å². The van der Waals surface area contributed by atoms with Crippen LogP contribution in [0.25, 0.3) is 0 Å². The van der Waals surface area contributed by atoms with Crippen LogP contribution in [-0.2, 0) is 0 Å². The van der Waals surface area contributed by atoms with Crippen molar-refractivity contribution in [2.24, 2.45) is 5.73 Å². The molecule has 0 spiro atoms. The van der Waals surface area contributed by atoms with Crippen molar-refractivity contribution in [2.75, 3.05) is 11.6 Å². The Morgan fingerprint density at radius 2 is 2.00 bits per heavy atom. The molecule has 2 unspecified atom stereocenters. The summed E-state index contributed by atoms with van der Waals surface area (Å²) in [5.41, 5.74) is 5.50. The average Bonchev–Trinajstić information content (AvgIpc) is 2.44. The van der Waals surface area contributed by atoms with Crippen molar-refractivity contribution in [1.29, 1.82) is 0 Å². The summed E-state index contributed by atoms with van der Waals surface area (Å²) in [5, 5.41) is 3.57. The number of hydrogen-bond acceptors (Lipinski definition) is 3. The van der Waals surface area contributed by atoms with E-state index in [-0.39, 0.29) is 22.3 Å². The summed E-state index contributed by atoms with van der Waals surface area (Å²) < 4.78 is 27.9. The van der Waals surface area contributed by atoms with Gasteiger partial charge in [-0.25, -0.2) is 8.78 Å². The minimum absolute atomic E-state index is 0.0480. The Balaban J connectivity index is 2.21. The molecular formula is C14H18F2N2S2. The normalized spacial score (nSPS) is 22.6. The first-order chi connectivity index (χ1) is 9.54. The molecule has 1 aromatic rings. The minimum Gasteiger partial charge on any atom is -0.389 e. The summed E-state index contributed by atoms with van der Waals surface area (Å²) in [6, 6.07) is 3.11. The van der Waals surface area contributed by atoms with E-state index in [1.165, 1.54) is 18.6 Å². The zero-order valence-corrected chi connectivity index (χ0v) is 12.9. The van der Waals surface area contributed by atoms with Crippen LogP contribution in [-0.4, -0.2) is 22.5 Å². The Hall–Kier alpha value is -0.880. The molecule has 1 aliphatic carbocycles. The number of nitrogens with two attached hydrogens (primary N) is 1. The lowest BCUT2D eigenvalue weighted by Gasteiger charge is -2.31. The van der Waals surface area contributed by atoms with Crippen molar-refractivity contribution in [3.05, 3.63) is 29.3 Å². The highest BCUT2D eigenvalue weighted by Crippen LogP contribution is 2.31. The van der Waals surface area contributed by atoms with Gasteiger partial charge in [0.1, 0.15) is 4.99 Å². The molecule has 0 amide bonds. The number of benzene rings is 1. The van der Waals surface area contributed by atoms with Crippen molar-refractivity contribution in [2.45, 2.75) is 37.0 Å². The molecule has 2 rings (SSSR count). The van der Waals surface area contributed by atoms with Crippen LogP contribution in [0.15, 0.2) is 12.1 Å². The highest BCUT2D eigenvalue weighted by Gasteiger charge is 2.26. The van der Waals surface area contributed by atoms with E-state index in [0.717, 1.165) is 19.3 Å². The average molecular weight is 316 g/mol. The van der Waals surface area contributed by atoms with Crippen LogP contribution in [0.5, 0.6) is 0 Å². The lowest BCUT2D eigenvalue weighted by molar-refractivity contribution is 0.468. The van der Waals surface area contributed by atoms with E-state index in [0.29, 0.717) is 5.25 Å². The molecule has 0 aliphatic heterocycles.